The van der Waals surface area contributed by atoms with E-state index >= 15 is 0 Å². The number of nitrogens with two attached hydrogens (primary N) is 1. The summed E-state index contributed by atoms with van der Waals surface area (Å²) in [6.45, 7) is 1.97. The van der Waals surface area contributed by atoms with Crippen molar-refractivity contribution in [2.45, 2.75) is 58.1 Å². The second kappa shape index (κ2) is 12.0. The molecule has 4 amide bonds. The van der Waals surface area contributed by atoms with E-state index in [1.54, 1.807) is 31.2 Å². The molecule has 1 fully saturated rings. The normalized spacial score (nSPS) is 15.4. The number of nitrogens with one attached hydrogen (secondary N) is 3. The summed E-state index contributed by atoms with van der Waals surface area (Å²) in [7, 11) is 0. The Morgan fingerprint density at radius 2 is 1.81 bits per heavy atom. The number of primary amides is 1. The van der Waals surface area contributed by atoms with Crippen LogP contribution in [0, 0.1) is 5.41 Å². The van der Waals surface area contributed by atoms with Crippen molar-refractivity contribution in [3.8, 4) is 0 Å². The van der Waals surface area contributed by atoms with Crippen molar-refractivity contribution in [3.63, 3.8) is 0 Å². The lowest BCUT2D eigenvalue weighted by molar-refractivity contribution is -0.161. The van der Waals surface area contributed by atoms with Gasteiger partial charge in [-0.1, -0.05) is 25.0 Å². The number of anilines is 1. The number of esters is 1. The van der Waals surface area contributed by atoms with Crippen LogP contribution in [0.25, 0.3) is 0 Å². The van der Waals surface area contributed by atoms with Crippen molar-refractivity contribution in [1.82, 2.24) is 10.6 Å². The quantitative estimate of drug-likeness (QED) is 0.194. The fraction of sp³-hybridized carbons (Fsp3) is 0.545. The van der Waals surface area contributed by atoms with Crippen LogP contribution < -0.4 is 21.7 Å². The van der Waals surface area contributed by atoms with E-state index in [1.165, 1.54) is 0 Å². The number of aliphatic hydroxyl groups excluding tert-OH is 1. The second-order valence-electron chi connectivity index (χ2n) is 7.81. The van der Waals surface area contributed by atoms with Crippen molar-refractivity contribution in [1.29, 1.82) is 0 Å². The van der Waals surface area contributed by atoms with Crippen molar-refractivity contribution >= 4 is 29.5 Å². The van der Waals surface area contributed by atoms with Gasteiger partial charge in [0, 0.05) is 12.2 Å². The molecule has 0 radical (unpaired) electrons. The van der Waals surface area contributed by atoms with Crippen molar-refractivity contribution < 1.29 is 29.0 Å². The molecule has 10 heteroatoms. The van der Waals surface area contributed by atoms with Crippen LogP contribution in [0.4, 0.5) is 10.5 Å². The lowest BCUT2D eigenvalue weighted by atomic mass is 9.84. The monoisotopic (exact) mass is 448 g/mol. The molecule has 0 saturated heterocycles. The minimum absolute atomic E-state index is 0.115. The summed E-state index contributed by atoms with van der Waals surface area (Å²) in [5.41, 5.74) is 4.98. The van der Waals surface area contributed by atoms with Crippen LogP contribution in [0.15, 0.2) is 24.3 Å². The third kappa shape index (κ3) is 6.68. The summed E-state index contributed by atoms with van der Waals surface area (Å²) in [6, 6.07) is 5.04. The molecule has 1 saturated carbocycles. The fourth-order valence-electron chi connectivity index (χ4n) is 3.78. The first-order valence-corrected chi connectivity index (χ1v) is 10.8. The topological polar surface area (TPSA) is 160 Å². The van der Waals surface area contributed by atoms with Crippen molar-refractivity contribution in [2.24, 2.45) is 11.1 Å². The van der Waals surface area contributed by atoms with Crippen LogP contribution >= 0.6 is 0 Å². The van der Waals surface area contributed by atoms with Gasteiger partial charge in [-0.25, -0.2) is 4.79 Å². The van der Waals surface area contributed by atoms with Gasteiger partial charge in [-0.05, 0) is 50.3 Å². The summed E-state index contributed by atoms with van der Waals surface area (Å²) < 4.78 is 5.15. The molecule has 10 nitrogen and oxygen atoms in total. The zero-order chi connectivity index (χ0) is 23.6. The molecular weight excluding hydrogens is 416 g/mol. The molecular formula is C22H32N4O6. The van der Waals surface area contributed by atoms with Gasteiger partial charge in [0.2, 0.25) is 11.8 Å². The summed E-state index contributed by atoms with van der Waals surface area (Å²) in [4.78, 5) is 49.6. The first kappa shape index (κ1) is 25.1. The van der Waals surface area contributed by atoms with E-state index in [0.29, 0.717) is 30.5 Å². The minimum Gasteiger partial charge on any atom is -0.465 e. The summed E-state index contributed by atoms with van der Waals surface area (Å²) in [5, 5.41) is 17.1. The fourth-order valence-corrected chi connectivity index (χ4v) is 3.78. The van der Waals surface area contributed by atoms with E-state index in [1.807, 2.05) is 0 Å². The molecule has 0 spiro atoms. The standard InChI is InChI=1S/C22H32N4O6/c1-2-32-20(30)22(11-3-4-12-22)19(29)26-17(6-5-13-24-21(23)31)18(28)25-16-9-7-15(14-27)8-10-16/h7-10,17,27H,2-6,11-14H2,1H3,(H,25,28)(H,26,29)(H3,23,24,31)/t17-/m0/s1. The van der Waals surface area contributed by atoms with Gasteiger partial charge < -0.3 is 31.5 Å². The molecule has 0 aliphatic heterocycles. The lowest BCUT2D eigenvalue weighted by Gasteiger charge is -2.28. The smallest absolute Gasteiger partial charge is 0.321 e. The van der Waals surface area contributed by atoms with Crippen LogP contribution in [0.5, 0.6) is 0 Å². The Morgan fingerprint density at radius 3 is 2.38 bits per heavy atom. The molecule has 1 aromatic rings. The lowest BCUT2D eigenvalue weighted by Crippen LogP contribution is -2.52. The Hall–Kier alpha value is -3.14. The van der Waals surface area contributed by atoms with Gasteiger partial charge >= 0.3 is 12.0 Å². The van der Waals surface area contributed by atoms with Gasteiger partial charge in [0.25, 0.3) is 0 Å². The van der Waals surface area contributed by atoms with Crippen LogP contribution in [0.3, 0.4) is 0 Å². The number of aliphatic hydroxyl groups is 1. The number of benzene rings is 1. The van der Waals surface area contributed by atoms with Crippen LogP contribution in [0.1, 0.15) is 51.0 Å². The van der Waals surface area contributed by atoms with E-state index in [4.69, 9.17) is 15.6 Å². The Bertz CT molecular complexity index is 805. The molecule has 1 atom stereocenters. The molecule has 2 rings (SSSR count). The minimum atomic E-state index is -1.29. The molecule has 0 bridgehead atoms. The zero-order valence-corrected chi connectivity index (χ0v) is 18.3. The molecule has 1 aliphatic rings. The molecule has 0 aromatic heterocycles. The highest BCUT2D eigenvalue weighted by Crippen LogP contribution is 2.39. The second-order valence-corrected chi connectivity index (χ2v) is 7.81. The van der Waals surface area contributed by atoms with Crippen LogP contribution in [-0.2, 0) is 25.7 Å². The maximum atomic E-state index is 13.2. The van der Waals surface area contributed by atoms with Gasteiger partial charge in [-0.2, -0.15) is 0 Å². The number of carbonyl (C=O) groups excluding carboxylic acids is 4. The van der Waals surface area contributed by atoms with E-state index in [-0.39, 0.29) is 26.2 Å². The predicted octanol–water partition coefficient (Wildman–Crippen LogP) is 1.17. The van der Waals surface area contributed by atoms with Crippen molar-refractivity contribution in [3.05, 3.63) is 29.8 Å². The molecule has 1 aromatic carbocycles. The SMILES string of the molecule is CCOC(=O)C1(C(=O)N[C@@H](CCCNC(N)=O)C(=O)Nc2ccc(CO)cc2)CCCC1. The van der Waals surface area contributed by atoms with Crippen molar-refractivity contribution in [2.75, 3.05) is 18.5 Å². The molecule has 0 unspecified atom stereocenters. The van der Waals surface area contributed by atoms with Gasteiger partial charge in [0.15, 0.2) is 0 Å². The maximum Gasteiger partial charge on any atom is 0.321 e. The summed E-state index contributed by atoms with van der Waals surface area (Å²) in [5.74, 6) is -1.54. The average Bonchev–Trinajstić information content (AvgIpc) is 3.27. The Balaban J connectivity index is 2.13. The summed E-state index contributed by atoms with van der Waals surface area (Å²) in [6.07, 6.45) is 2.81. The number of urea groups is 1. The molecule has 6 N–H and O–H groups in total. The number of carbonyl (C=O) groups is 4. The molecule has 176 valence electrons. The number of rotatable bonds is 11. The first-order chi connectivity index (χ1) is 15.3. The zero-order valence-electron chi connectivity index (χ0n) is 18.3. The van der Waals surface area contributed by atoms with E-state index < -0.39 is 35.3 Å². The van der Waals surface area contributed by atoms with Crippen LogP contribution in [-0.4, -0.2) is 48.1 Å². The average molecular weight is 449 g/mol. The van der Waals surface area contributed by atoms with E-state index in [0.717, 1.165) is 12.8 Å². The number of ether oxygens (including phenoxy) is 1. The molecule has 0 heterocycles. The highest BCUT2D eigenvalue weighted by Gasteiger charge is 2.50. The Morgan fingerprint density at radius 1 is 1.16 bits per heavy atom. The van der Waals surface area contributed by atoms with E-state index in [2.05, 4.69) is 16.0 Å². The molecule has 32 heavy (non-hydrogen) atoms. The number of hydrogen-bond acceptors (Lipinski definition) is 6. The van der Waals surface area contributed by atoms with E-state index in [9.17, 15) is 19.2 Å². The van der Waals surface area contributed by atoms with Gasteiger partial charge in [-0.3, -0.25) is 14.4 Å². The summed E-state index contributed by atoms with van der Waals surface area (Å²) >= 11 is 0. The third-order valence-corrected chi connectivity index (χ3v) is 5.55. The largest absolute Gasteiger partial charge is 0.465 e. The van der Waals surface area contributed by atoms with Gasteiger partial charge in [-0.15, -0.1) is 0 Å². The van der Waals surface area contributed by atoms with Gasteiger partial charge in [0.1, 0.15) is 11.5 Å². The maximum absolute atomic E-state index is 13.2. The van der Waals surface area contributed by atoms with Crippen LogP contribution in [0.2, 0.25) is 0 Å². The Kier molecular flexibility index (Phi) is 9.45. The highest BCUT2D eigenvalue weighted by atomic mass is 16.5. The number of hydrogen-bond donors (Lipinski definition) is 5. The number of amides is 4. The third-order valence-electron chi connectivity index (χ3n) is 5.55. The Labute approximate surface area is 187 Å². The predicted molar refractivity (Wildman–Crippen MR) is 117 cm³/mol. The first-order valence-electron chi connectivity index (χ1n) is 10.8. The highest BCUT2D eigenvalue weighted by molar-refractivity contribution is 6.05. The molecule has 1 aliphatic carbocycles. The van der Waals surface area contributed by atoms with Gasteiger partial charge in [0.05, 0.1) is 13.2 Å².